The molecule has 1 N–H and O–H groups in total. The van der Waals surface area contributed by atoms with Gasteiger partial charge in [-0.25, -0.2) is 0 Å². The number of amides is 2. The van der Waals surface area contributed by atoms with Crippen molar-refractivity contribution in [1.29, 1.82) is 0 Å². The van der Waals surface area contributed by atoms with Crippen molar-refractivity contribution in [2.75, 3.05) is 26.1 Å². The van der Waals surface area contributed by atoms with Crippen molar-refractivity contribution in [3.8, 4) is 11.5 Å². The summed E-state index contributed by atoms with van der Waals surface area (Å²) in [6.07, 6.45) is 0. The van der Waals surface area contributed by atoms with E-state index in [4.69, 9.17) is 14.2 Å². The lowest BCUT2D eigenvalue weighted by molar-refractivity contribution is -0.143. The number of aromatic nitrogens is 1. The molecule has 0 aliphatic heterocycles. The van der Waals surface area contributed by atoms with E-state index in [2.05, 4.69) is 10.3 Å². The molecule has 3 aromatic rings. The van der Waals surface area contributed by atoms with E-state index in [-0.39, 0.29) is 24.6 Å². The highest BCUT2D eigenvalue weighted by Crippen LogP contribution is 2.29. The highest BCUT2D eigenvalue weighted by Gasteiger charge is 2.19. The fraction of sp³-hybridized carbons (Fsp3) is 0.273. The number of thiazole rings is 1. The summed E-state index contributed by atoms with van der Waals surface area (Å²) in [5.41, 5.74) is 1.45. The highest BCUT2D eigenvalue weighted by molar-refractivity contribution is 7.16. The summed E-state index contributed by atoms with van der Waals surface area (Å²) >= 11 is 1.21. The third-order valence-electron chi connectivity index (χ3n) is 4.43. The summed E-state index contributed by atoms with van der Waals surface area (Å²) in [6, 6.07) is 10.2. The van der Waals surface area contributed by atoms with Crippen LogP contribution in [0.15, 0.2) is 41.4 Å². The van der Waals surface area contributed by atoms with Gasteiger partial charge >= 0.3 is 5.97 Å². The quantitative estimate of drug-likeness (QED) is 0.547. The van der Waals surface area contributed by atoms with E-state index < -0.39 is 11.9 Å². The second-order valence-corrected chi connectivity index (χ2v) is 7.60. The van der Waals surface area contributed by atoms with Crippen LogP contribution in [0.3, 0.4) is 0 Å². The van der Waals surface area contributed by atoms with Gasteiger partial charge in [0.25, 0.3) is 5.91 Å². The van der Waals surface area contributed by atoms with Crippen molar-refractivity contribution in [1.82, 2.24) is 4.57 Å². The molecule has 168 valence electrons. The van der Waals surface area contributed by atoms with Crippen molar-refractivity contribution in [2.24, 2.45) is 4.99 Å². The van der Waals surface area contributed by atoms with Crippen LogP contribution in [0.2, 0.25) is 0 Å². The minimum Gasteiger partial charge on any atom is -0.496 e. The number of nitrogens with one attached hydrogen (secondary N) is 1. The predicted octanol–water partition coefficient (Wildman–Crippen LogP) is 2.98. The number of ether oxygens (including phenoxy) is 3. The molecule has 0 radical (unpaired) electrons. The van der Waals surface area contributed by atoms with Crippen molar-refractivity contribution >= 4 is 45.0 Å². The number of nitrogens with zero attached hydrogens (tertiary/aromatic N) is 2. The molecule has 2 aromatic carbocycles. The molecule has 0 saturated heterocycles. The van der Waals surface area contributed by atoms with Crippen molar-refractivity contribution in [2.45, 2.75) is 20.4 Å². The van der Waals surface area contributed by atoms with Crippen LogP contribution < -0.4 is 19.6 Å². The Labute approximate surface area is 188 Å². The van der Waals surface area contributed by atoms with Crippen LogP contribution in [0.1, 0.15) is 24.2 Å². The zero-order chi connectivity index (χ0) is 23.3. The van der Waals surface area contributed by atoms with E-state index in [9.17, 15) is 14.4 Å². The second-order valence-electron chi connectivity index (χ2n) is 6.59. The first-order valence-corrected chi connectivity index (χ1v) is 10.6. The van der Waals surface area contributed by atoms with Gasteiger partial charge in [0.05, 0.1) is 31.0 Å². The molecule has 0 aliphatic rings. The molecule has 0 bridgehead atoms. The van der Waals surface area contributed by atoms with Gasteiger partial charge in [-0.3, -0.25) is 14.4 Å². The smallest absolute Gasteiger partial charge is 0.326 e. The molecule has 0 fully saturated rings. The van der Waals surface area contributed by atoms with Gasteiger partial charge in [-0.15, -0.1) is 0 Å². The Morgan fingerprint density at radius 1 is 1.09 bits per heavy atom. The molecule has 0 saturated carbocycles. The summed E-state index contributed by atoms with van der Waals surface area (Å²) in [5.74, 6) is -0.593. The summed E-state index contributed by atoms with van der Waals surface area (Å²) in [6.45, 7) is 3.25. The summed E-state index contributed by atoms with van der Waals surface area (Å²) in [4.78, 5) is 41.3. The first-order valence-electron chi connectivity index (χ1n) is 9.74. The number of methoxy groups -OCH3 is 2. The van der Waals surface area contributed by atoms with Crippen LogP contribution in [0, 0.1) is 0 Å². The number of hydrogen-bond acceptors (Lipinski definition) is 7. The fourth-order valence-electron chi connectivity index (χ4n) is 3.13. The normalized spacial score (nSPS) is 11.3. The van der Waals surface area contributed by atoms with E-state index in [0.29, 0.717) is 27.5 Å². The van der Waals surface area contributed by atoms with Crippen LogP contribution in [-0.4, -0.2) is 43.2 Å². The van der Waals surface area contributed by atoms with Crippen molar-refractivity contribution in [3.05, 3.63) is 46.8 Å². The predicted molar refractivity (Wildman–Crippen MR) is 120 cm³/mol. The van der Waals surface area contributed by atoms with Crippen molar-refractivity contribution in [3.63, 3.8) is 0 Å². The zero-order valence-electron chi connectivity index (χ0n) is 18.1. The topological polar surface area (TPSA) is 108 Å². The molecular formula is C22H23N3O6S. The minimum atomic E-state index is -0.578. The molecule has 2 amide bonds. The van der Waals surface area contributed by atoms with E-state index in [1.807, 2.05) is 0 Å². The number of rotatable bonds is 7. The van der Waals surface area contributed by atoms with E-state index in [0.717, 1.165) is 4.70 Å². The van der Waals surface area contributed by atoms with Gasteiger partial charge in [0.2, 0.25) is 5.91 Å². The van der Waals surface area contributed by atoms with E-state index in [1.165, 1.54) is 32.5 Å². The SMILES string of the molecule is CCOC(=O)Cn1c(=NC(=O)c2c(OC)cccc2OC)sc2cc(NC(C)=O)ccc21. The molecule has 9 nitrogen and oxygen atoms in total. The number of carbonyl (C=O) groups is 3. The van der Waals surface area contributed by atoms with E-state index >= 15 is 0 Å². The van der Waals surface area contributed by atoms with Gasteiger partial charge < -0.3 is 24.1 Å². The second kappa shape index (κ2) is 10.1. The van der Waals surface area contributed by atoms with Crippen molar-refractivity contribution < 1.29 is 28.6 Å². The number of benzene rings is 2. The van der Waals surface area contributed by atoms with Crippen LogP contribution >= 0.6 is 11.3 Å². The number of carbonyl (C=O) groups excluding carboxylic acids is 3. The lowest BCUT2D eigenvalue weighted by atomic mass is 10.1. The number of fused-ring (bicyclic) bond motifs is 1. The van der Waals surface area contributed by atoms with Crippen LogP contribution in [0.4, 0.5) is 5.69 Å². The van der Waals surface area contributed by atoms with Gasteiger partial charge in [0.15, 0.2) is 4.80 Å². The number of esters is 1. The Bertz CT molecular complexity index is 1220. The average molecular weight is 458 g/mol. The van der Waals surface area contributed by atoms with Crippen LogP contribution in [0.25, 0.3) is 10.2 Å². The molecule has 3 rings (SSSR count). The first kappa shape index (κ1) is 23.0. The maximum absolute atomic E-state index is 13.1. The molecule has 1 aromatic heterocycles. The largest absolute Gasteiger partial charge is 0.496 e. The Hall–Kier alpha value is -3.66. The van der Waals surface area contributed by atoms with Gasteiger partial charge in [0.1, 0.15) is 23.6 Å². The fourth-order valence-corrected chi connectivity index (χ4v) is 4.20. The van der Waals surface area contributed by atoms with Gasteiger partial charge in [-0.05, 0) is 37.3 Å². The lowest BCUT2D eigenvalue weighted by Crippen LogP contribution is -2.23. The summed E-state index contributed by atoms with van der Waals surface area (Å²) < 4.78 is 18.0. The van der Waals surface area contributed by atoms with Gasteiger partial charge in [-0.2, -0.15) is 4.99 Å². The Morgan fingerprint density at radius 2 is 1.78 bits per heavy atom. The standard InChI is InChI=1S/C22H23N3O6S/c1-5-31-19(27)12-25-15-10-9-14(23-13(2)26)11-18(15)32-22(25)24-21(28)20-16(29-3)7-6-8-17(20)30-4/h6-11H,5,12H2,1-4H3,(H,23,26). The third-order valence-corrected chi connectivity index (χ3v) is 5.48. The minimum absolute atomic E-state index is 0.123. The maximum Gasteiger partial charge on any atom is 0.326 e. The van der Waals surface area contributed by atoms with E-state index in [1.54, 1.807) is 47.9 Å². The Kier molecular flexibility index (Phi) is 7.26. The third kappa shape index (κ3) is 4.97. The van der Waals surface area contributed by atoms with Gasteiger partial charge in [-0.1, -0.05) is 17.4 Å². The average Bonchev–Trinajstić information content (AvgIpc) is 3.08. The highest BCUT2D eigenvalue weighted by atomic mass is 32.1. The number of hydrogen-bond donors (Lipinski definition) is 1. The molecule has 0 unspecified atom stereocenters. The Morgan fingerprint density at radius 3 is 2.38 bits per heavy atom. The molecule has 0 atom stereocenters. The lowest BCUT2D eigenvalue weighted by Gasteiger charge is -2.10. The van der Waals surface area contributed by atoms with Gasteiger partial charge in [0, 0.05) is 12.6 Å². The maximum atomic E-state index is 13.1. The Balaban J connectivity index is 2.17. The molecule has 0 aliphatic carbocycles. The summed E-state index contributed by atoms with van der Waals surface area (Å²) in [7, 11) is 2.91. The monoisotopic (exact) mass is 457 g/mol. The molecule has 10 heteroatoms. The molecule has 1 heterocycles. The zero-order valence-corrected chi connectivity index (χ0v) is 18.9. The van der Waals surface area contributed by atoms with Crippen LogP contribution in [0.5, 0.6) is 11.5 Å². The summed E-state index contributed by atoms with van der Waals surface area (Å²) in [5, 5.41) is 2.72. The van der Waals surface area contributed by atoms with Crippen LogP contribution in [-0.2, 0) is 20.9 Å². The molecule has 32 heavy (non-hydrogen) atoms. The molecule has 0 spiro atoms. The molecular weight excluding hydrogens is 434 g/mol. The first-order chi connectivity index (χ1) is 15.4. The number of anilines is 1.